The second-order valence-corrected chi connectivity index (χ2v) is 8.92. The first-order valence-electron chi connectivity index (χ1n) is 12.3. The highest BCUT2D eigenvalue weighted by Gasteiger charge is 2.22. The Kier molecular flexibility index (Phi) is 8.13. The molecule has 1 aliphatic rings. The lowest BCUT2D eigenvalue weighted by Crippen LogP contribution is -2.48. The fourth-order valence-electron chi connectivity index (χ4n) is 4.39. The van der Waals surface area contributed by atoms with Crippen molar-refractivity contribution in [1.82, 2.24) is 20.0 Å². The Morgan fingerprint density at radius 3 is 2.46 bits per heavy atom. The lowest BCUT2D eigenvalue weighted by atomic mass is 9.96. The average molecular weight is 478 g/mol. The van der Waals surface area contributed by atoms with Crippen molar-refractivity contribution in [2.24, 2.45) is 0 Å². The number of urea groups is 1. The van der Waals surface area contributed by atoms with Crippen LogP contribution in [0.4, 0.5) is 15.0 Å². The first-order valence-corrected chi connectivity index (χ1v) is 12.3. The third kappa shape index (κ3) is 6.47. The van der Waals surface area contributed by atoms with Crippen LogP contribution in [0.1, 0.15) is 45.4 Å². The molecular weight excluding hydrogens is 445 g/mol. The van der Waals surface area contributed by atoms with Crippen molar-refractivity contribution < 1.29 is 14.0 Å². The first-order chi connectivity index (χ1) is 17.0. The molecule has 1 saturated carbocycles. The zero-order valence-corrected chi connectivity index (χ0v) is 20.0. The van der Waals surface area contributed by atoms with Gasteiger partial charge in [-0.1, -0.05) is 56.5 Å². The number of hydrogen-bond donors (Lipinski definition) is 2. The maximum absolute atomic E-state index is 13.5. The van der Waals surface area contributed by atoms with Crippen LogP contribution in [0.25, 0.3) is 16.9 Å². The highest BCUT2D eigenvalue weighted by Crippen LogP contribution is 2.25. The van der Waals surface area contributed by atoms with Crippen molar-refractivity contribution in [2.45, 2.75) is 51.5 Å². The number of halogens is 1. The van der Waals surface area contributed by atoms with Gasteiger partial charge in [-0.05, 0) is 43.5 Å². The maximum Gasteiger partial charge on any atom is 0.318 e. The van der Waals surface area contributed by atoms with E-state index in [9.17, 15) is 14.0 Å². The molecule has 8 heteroatoms. The minimum atomic E-state index is -0.353. The summed E-state index contributed by atoms with van der Waals surface area (Å²) in [5.74, 6) is -0.223. The van der Waals surface area contributed by atoms with Crippen molar-refractivity contribution in [1.29, 1.82) is 0 Å². The summed E-state index contributed by atoms with van der Waals surface area (Å²) in [6, 6.07) is 17.3. The second-order valence-electron chi connectivity index (χ2n) is 8.92. The Morgan fingerprint density at radius 2 is 1.77 bits per heavy atom. The van der Waals surface area contributed by atoms with E-state index in [1.807, 2.05) is 37.3 Å². The van der Waals surface area contributed by atoms with Crippen molar-refractivity contribution in [3.05, 3.63) is 66.5 Å². The molecule has 35 heavy (non-hydrogen) atoms. The monoisotopic (exact) mass is 477 g/mol. The molecule has 0 radical (unpaired) electrons. The molecule has 0 atom stereocenters. The Balaban J connectivity index is 1.52. The van der Waals surface area contributed by atoms with E-state index in [4.69, 9.17) is 0 Å². The summed E-state index contributed by atoms with van der Waals surface area (Å²) < 4.78 is 15.1. The van der Waals surface area contributed by atoms with Gasteiger partial charge < -0.3 is 15.5 Å². The standard InChI is InChI=1S/C27H32FN5O2/c1-2-17-32(27(35)29-22-11-7-4-8-12-22)19-26(34)30-25-18-24(20-9-5-3-6-10-20)31-33(25)23-15-13-21(28)14-16-23/h3,5-6,9-10,13-16,18,22H,2,4,7-8,11-12,17,19H2,1H3,(H,29,35)(H,30,34). The van der Waals surface area contributed by atoms with Gasteiger partial charge in [-0.15, -0.1) is 0 Å². The topological polar surface area (TPSA) is 79.3 Å². The van der Waals surface area contributed by atoms with E-state index >= 15 is 0 Å². The van der Waals surface area contributed by atoms with E-state index in [-0.39, 0.29) is 30.3 Å². The van der Waals surface area contributed by atoms with Gasteiger partial charge in [0.2, 0.25) is 5.91 Å². The van der Waals surface area contributed by atoms with Crippen LogP contribution in [0.5, 0.6) is 0 Å². The van der Waals surface area contributed by atoms with Crippen LogP contribution in [0.2, 0.25) is 0 Å². The molecule has 1 aromatic heterocycles. The molecule has 0 spiro atoms. The van der Waals surface area contributed by atoms with Gasteiger partial charge in [0.15, 0.2) is 0 Å². The molecule has 2 N–H and O–H groups in total. The molecule has 7 nitrogen and oxygen atoms in total. The molecule has 3 amide bonds. The largest absolute Gasteiger partial charge is 0.335 e. The number of rotatable bonds is 8. The average Bonchev–Trinajstić information content (AvgIpc) is 3.29. The Labute approximate surface area is 205 Å². The molecular formula is C27H32FN5O2. The molecule has 1 heterocycles. The lowest BCUT2D eigenvalue weighted by molar-refractivity contribution is -0.116. The number of carbonyl (C=O) groups is 2. The van der Waals surface area contributed by atoms with E-state index < -0.39 is 0 Å². The zero-order chi connectivity index (χ0) is 24.6. The second kappa shape index (κ2) is 11.6. The van der Waals surface area contributed by atoms with E-state index in [1.54, 1.807) is 27.8 Å². The fourth-order valence-corrected chi connectivity index (χ4v) is 4.39. The molecule has 3 aromatic rings. The summed E-state index contributed by atoms with van der Waals surface area (Å²) >= 11 is 0. The predicted molar refractivity (Wildman–Crippen MR) is 135 cm³/mol. The summed E-state index contributed by atoms with van der Waals surface area (Å²) in [6.07, 6.45) is 6.16. The van der Waals surface area contributed by atoms with E-state index in [0.717, 1.165) is 37.7 Å². The first kappa shape index (κ1) is 24.4. The van der Waals surface area contributed by atoms with Crippen molar-refractivity contribution >= 4 is 17.8 Å². The highest BCUT2D eigenvalue weighted by molar-refractivity contribution is 5.94. The smallest absolute Gasteiger partial charge is 0.318 e. The van der Waals surface area contributed by atoms with Gasteiger partial charge in [0.25, 0.3) is 0 Å². The van der Waals surface area contributed by atoms with Crippen molar-refractivity contribution in [3.63, 3.8) is 0 Å². The molecule has 1 aliphatic carbocycles. The van der Waals surface area contributed by atoms with Crippen LogP contribution >= 0.6 is 0 Å². The molecule has 1 fully saturated rings. The van der Waals surface area contributed by atoms with E-state index in [1.165, 1.54) is 18.6 Å². The number of anilines is 1. The van der Waals surface area contributed by atoms with Gasteiger partial charge in [0.1, 0.15) is 18.2 Å². The molecule has 0 aliphatic heterocycles. The number of nitrogens with one attached hydrogen (secondary N) is 2. The van der Waals surface area contributed by atoms with E-state index in [0.29, 0.717) is 23.7 Å². The number of amides is 3. The van der Waals surface area contributed by atoms with Crippen LogP contribution in [0.15, 0.2) is 60.7 Å². The molecule has 0 saturated heterocycles. The Hall–Kier alpha value is -3.68. The molecule has 0 bridgehead atoms. The molecule has 184 valence electrons. The Morgan fingerprint density at radius 1 is 1.06 bits per heavy atom. The number of hydrogen-bond acceptors (Lipinski definition) is 3. The summed E-state index contributed by atoms with van der Waals surface area (Å²) in [6.45, 7) is 2.40. The summed E-state index contributed by atoms with van der Waals surface area (Å²) in [7, 11) is 0. The summed E-state index contributed by atoms with van der Waals surface area (Å²) in [4.78, 5) is 27.5. The molecule has 4 rings (SSSR count). The maximum atomic E-state index is 13.5. The SMILES string of the molecule is CCCN(CC(=O)Nc1cc(-c2ccccc2)nn1-c1ccc(F)cc1)C(=O)NC1CCCCC1. The highest BCUT2D eigenvalue weighted by atomic mass is 19.1. The number of aromatic nitrogens is 2. The minimum Gasteiger partial charge on any atom is -0.335 e. The number of nitrogens with zero attached hydrogens (tertiary/aromatic N) is 3. The van der Waals surface area contributed by atoms with Gasteiger partial charge in [-0.2, -0.15) is 5.10 Å². The van der Waals surface area contributed by atoms with E-state index in [2.05, 4.69) is 15.7 Å². The molecule has 0 unspecified atom stereocenters. The third-order valence-electron chi connectivity index (χ3n) is 6.17. The zero-order valence-electron chi connectivity index (χ0n) is 20.0. The molecule has 2 aromatic carbocycles. The van der Waals surface area contributed by atoms with Crippen LogP contribution < -0.4 is 10.6 Å². The predicted octanol–water partition coefficient (Wildman–Crippen LogP) is 5.37. The van der Waals surface area contributed by atoms with Crippen LogP contribution in [-0.4, -0.2) is 45.8 Å². The normalized spacial score (nSPS) is 13.9. The summed E-state index contributed by atoms with van der Waals surface area (Å²) in [5, 5.41) is 10.7. The van der Waals surface area contributed by atoms with Gasteiger partial charge in [0, 0.05) is 24.2 Å². The lowest BCUT2D eigenvalue weighted by Gasteiger charge is -2.28. The Bertz CT molecular complexity index is 1120. The quantitative estimate of drug-likeness (QED) is 0.458. The van der Waals surface area contributed by atoms with Gasteiger partial charge in [-0.3, -0.25) is 4.79 Å². The third-order valence-corrected chi connectivity index (χ3v) is 6.17. The van der Waals surface area contributed by atoms with Gasteiger partial charge in [-0.25, -0.2) is 13.9 Å². The number of benzene rings is 2. The van der Waals surface area contributed by atoms with Crippen LogP contribution in [0.3, 0.4) is 0 Å². The fraction of sp³-hybridized carbons (Fsp3) is 0.370. The van der Waals surface area contributed by atoms with Gasteiger partial charge >= 0.3 is 6.03 Å². The minimum absolute atomic E-state index is 0.0678. The van der Waals surface area contributed by atoms with Gasteiger partial charge in [0.05, 0.1) is 11.4 Å². The van der Waals surface area contributed by atoms with Crippen LogP contribution in [-0.2, 0) is 4.79 Å². The summed E-state index contributed by atoms with van der Waals surface area (Å²) in [5.41, 5.74) is 2.18. The van der Waals surface area contributed by atoms with Crippen molar-refractivity contribution in [2.75, 3.05) is 18.4 Å². The van der Waals surface area contributed by atoms with Crippen LogP contribution in [0, 0.1) is 5.82 Å². The van der Waals surface area contributed by atoms with Crippen molar-refractivity contribution in [3.8, 4) is 16.9 Å². The number of carbonyl (C=O) groups excluding carboxylic acids is 2.